The van der Waals surface area contributed by atoms with Crippen molar-refractivity contribution in [2.75, 3.05) is 12.8 Å². The maximum atomic E-state index is 12.4. The van der Waals surface area contributed by atoms with Crippen LogP contribution >= 0.6 is 11.6 Å². The molecule has 0 bridgehead atoms. The normalized spacial score (nSPS) is 9.95. The predicted octanol–water partition coefficient (Wildman–Crippen LogP) is 2.46. The van der Waals surface area contributed by atoms with E-state index in [1.165, 1.54) is 17.2 Å². The molecule has 5 nitrogen and oxygen atoms in total. The smallest absolute Gasteiger partial charge is 0.257 e. The summed E-state index contributed by atoms with van der Waals surface area (Å²) in [6, 6.07) is 10.6. The van der Waals surface area contributed by atoms with Crippen LogP contribution in [0.4, 0.5) is 5.69 Å². The molecule has 1 aromatic carbocycles. The van der Waals surface area contributed by atoms with E-state index in [1.807, 2.05) is 6.07 Å². The number of nitrogen functional groups attached to an aromatic ring is 1. The van der Waals surface area contributed by atoms with Crippen LogP contribution in [0.3, 0.4) is 0 Å². The minimum atomic E-state index is -0.276. The van der Waals surface area contributed by atoms with Crippen LogP contribution in [0.15, 0.2) is 36.5 Å². The standard InChI is InChI=1S/C15H13ClN4O/c1-20(9-11-4-2-3-10(5-11)7-17)15(21)13-6-12(18)8-19-14(13)16/h2-6,8H,9,18H2,1H3. The van der Waals surface area contributed by atoms with E-state index in [9.17, 15) is 4.79 Å². The zero-order valence-corrected chi connectivity index (χ0v) is 12.1. The lowest BCUT2D eigenvalue weighted by molar-refractivity contribution is 0.0785. The van der Waals surface area contributed by atoms with E-state index in [4.69, 9.17) is 22.6 Å². The molecule has 6 heteroatoms. The highest BCUT2D eigenvalue weighted by Gasteiger charge is 2.16. The third-order valence-corrected chi connectivity index (χ3v) is 3.21. The topological polar surface area (TPSA) is 83.0 Å². The molecule has 1 heterocycles. The molecule has 0 aliphatic heterocycles. The molecule has 0 saturated carbocycles. The van der Waals surface area contributed by atoms with E-state index in [0.29, 0.717) is 17.8 Å². The number of nitriles is 1. The maximum Gasteiger partial charge on any atom is 0.257 e. The molecule has 0 saturated heterocycles. The summed E-state index contributed by atoms with van der Waals surface area (Å²) in [5.74, 6) is -0.276. The summed E-state index contributed by atoms with van der Waals surface area (Å²) >= 11 is 5.93. The number of benzene rings is 1. The van der Waals surface area contributed by atoms with Crippen molar-refractivity contribution in [3.63, 3.8) is 0 Å². The summed E-state index contributed by atoms with van der Waals surface area (Å²) in [4.78, 5) is 17.7. The Kier molecular flexibility index (Phi) is 4.41. The third-order valence-electron chi connectivity index (χ3n) is 2.91. The Balaban J connectivity index is 2.19. The fraction of sp³-hybridized carbons (Fsp3) is 0.133. The summed E-state index contributed by atoms with van der Waals surface area (Å²) in [5.41, 5.74) is 7.68. The van der Waals surface area contributed by atoms with Gasteiger partial charge < -0.3 is 10.6 Å². The van der Waals surface area contributed by atoms with E-state index in [-0.39, 0.29) is 16.6 Å². The average Bonchev–Trinajstić information content (AvgIpc) is 2.49. The van der Waals surface area contributed by atoms with Crippen LogP contribution in [-0.4, -0.2) is 22.8 Å². The Hall–Kier alpha value is -2.58. The van der Waals surface area contributed by atoms with Crippen molar-refractivity contribution in [1.82, 2.24) is 9.88 Å². The van der Waals surface area contributed by atoms with Crippen LogP contribution < -0.4 is 5.73 Å². The number of nitrogens with two attached hydrogens (primary N) is 1. The van der Waals surface area contributed by atoms with Crippen LogP contribution in [0, 0.1) is 11.3 Å². The number of pyridine rings is 1. The second-order valence-electron chi connectivity index (χ2n) is 4.58. The third kappa shape index (κ3) is 3.50. The number of rotatable bonds is 3. The van der Waals surface area contributed by atoms with Gasteiger partial charge in [0.1, 0.15) is 5.15 Å². The average molecular weight is 301 g/mol. The first-order valence-electron chi connectivity index (χ1n) is 6.17. The number of amides is 1. The summed E-state index contributed by atoms with van der Waals surface area (Å²) in [6.07, 6.45) is 1.40. The van der Waals surface area contributed by atoms with Gasteiger partial charge in [0.05, 0.1) is 29.1 Å². The molecule has 2 N–H and O–H groups in total. The van der Waals surface area contributed by atoms with E-state index in [2.05, 4.69) is 11.1 Å². The zero-order valence-electron chi connectivity index (χ0n) is 11.4. The number of nitrogens with zero attached hydrogens (tertiary/aromatic N) is 3. The molecule has 0 radical (unpaired) electrons. The highest BCUT2D eigenvalue weighted by Crippen LogP contribution is 2.18. The lowest BCUT2D eigenvalue weighted by Crippen LogP contribution is -2.26. The van der Waals surface area contributed by atoms with Crippen LogP contribution in [0.25, 0.3) is 0 Å². The molecule has 0 aliphatic carbocycles. The minimum absolute atomic E-state index is 0.117. The van der Waals surface area contributed by atoms with E-state index in [0.717, 1.165) is 5.56 Å². The molecule has 1 amide bonds. The molecule has 106 valence electrons. The maximum absolute atomic E-state index is 12.4. The van der Waals surface area contributed by atoms with Gasteiger partial charge in [0.15, 0.2) is 0 Å². The first-order valence-corrected chi connectivity index (χ1v) is 6.54. The van der Waals surface area contributed by atoms with Crippen LogP contribution in [0.2, 0.25) is 5.15 Å². The SMILES string of the molecule is CN(Cc1cccc(C#N)c1)C(=O)c1cc(N)cnc1Cl. The monoisotopic (exact) mass is 300 g/mol. The molecule has 21 heavy (non-hydrogen) atoms. The van der Waals surface area contributed by atoms with Gasteiger partial charge >= 0.3 is 0 Å². The van der Waals surface area contributed by atoms with E-state index >= 15 is 0 Å². The summed E-state index contributed by atoms with van der Waals surface area (Å²) in [7, 11) is 1.65. The Morgan fingerprint density at radius 2 is 2.24 bits per heavy atom. The largest absolute Gasteiger partial charge is 0.397 e. The van der Waals surface area contributed by atoms with Gasteiger partial charge in [-0.1, -0.05) is 23.7 Å². The number of hydrogen-bond acceptors (Lipinski definition) is 4. The van der Waals surface area contributed by atoms with Gasteiger partial charge in [-0.25, -0.2) is 4.98 Å². The molecule has 2 rings (SSSR count). The van der Waals surface area contributed by atoms with Gasteiger partial charge in [0.2, 0.25) is 0 Å². The molecule has 1 aromatic heterocycles. The van der Waals surface area contributed by atoms with Crippen molar-refractivity contribution < 1.29 is 4.79 Å². The van der Waals surface area contributed by atoms with Crippen molar-refractivity contribution in [3.05, 3.63) is 58.4 Å². The molecule has 2 aromatic rings. The van der Waals surface area contributed by atoms with Crippen molar-refractivity contribution >= 4 is 23.2 Å². The van der Waals surface area contributed by atoms with E-state index in [1.54, 1.807) is 25.2 Å². The van der Waals surface area contributed by atoms with Gasteiger partial charge in [-0.2, -0.15) is 5.26 Å². The number of halogens is 1. The molecule has 0 atom stereocenters. The molecule has 0 unspecified atom stereocenters. The van der Waals surface area contributed by atoms with Crippen molar-refractivity contribution in [2.45, 2.75) is 6.54 Å². The lowest BCUT2D eigenvalue weighted by Gasteiger charge is -2.18. The Morgan fingerprint density at radius 3 is 2.95 bits per heavy atom. The summed E-state index contributed by atoms with van der Waals surface area (Å²) in [6.45, 7) is 0.361. The Bertz CT molecular complexity index is 724. The van der Waals surface area contributed by atoms with Crippen molar-refractivity contribution in [3.8, 4) is 6.07 Å². The van der Waals surface area contributed by atoms with Gasteiger partial charge in [-0.15, -0.1) is 0 Å². The van der Waals surface area contributed by atoms with Gasteiger partial charge in [0, 0.05) is 13.6 Å². The van der Waals surface area contributed by atoms with E-state index < -0.39 is 0 Å². The molecular formula is C15H13ClN4O. The lowest BCUT2D eigenvalue weighted by atomic mass is 10.1. The molecule has 0 aliphatic rings. The zero-order chi connectivity index (χ0) is 15.4. The molecular weight excluding hydrogens is 288 g/mol. The van der Waals surface area contributed by atoms with Gasteiger partial charge in [0.25, 0.3) is 5.91 Å². The second-order valence-corrected chi connectivity index (χ2v) is 4.94. The summed E-state index contributed by atoms with van der Waals surface area (Å²) in [5, 5.41) is 9.00. The summed E-state index contributed by atoms with van der Waals surface area (Å²) < 4.78 is 0. The predicted molar refractivity (Wildman–Crippen MR) is 80.6 cm³/mol. The highest BCUT2D eigenvalue weighted by molar-refractivity contribution is 6.32. The van der Waals surface area contributed by atoms with Crippen LogP contribution in [0.5, 0.6) is 0 Å². The van der Waals surface area contributed by atoms with Crippen LogP contribution in [0.1, 0.15) is 21.5 Å². The Morgan fingerprint density at radius 1 is 1.48 bits per heavy atom. The first kappa shape index (κ1) is 14.8. The molecule has 0 spiro atoms. The number of hydrogen-bond donors (Lipinski definition) is 1. The minimum Gasteiger partial charge on any atom is -0.397 e. The number of anilines is 1. The Labute approximate surface area is 127 Å². The number of carbonyl (C=O) groups excluding carboxylic acids is 1. The number of aromatic nitrogens is 1. The van der Waals surface area contributed by atoms with Crippen molar-refractivity contribution in [2.24, 2.45) is 0 Å². The quantitative estimate of drug-likeness (QED) is 0.883. The fourth-order valence-corrected chi connectivity index (χ4v) is 2.09. The molecule has 0 fully saturated rings. The van der Waals surface area contributed by atoms with Gasteiger partial charge in [-0.05, 0) is 23.8 Å². The second kappa shape index (κ2) is 6.25. The van der Waals surface area contributed by atoms with Crippen LogP contribution in [-0.2, 0) is 6.54 Å². The van der Waals surface area contributed by atoms with Crippen molar-refractivity contribution in [1.29, 1.82) is 5.26 Å². The first-order chi connectivity index (χ1) is 10.0. The van der Waals surface area contributed by atoms with Gasteiger partial charge in [-0.3, -0.25) is 4.79 Å². The fourth-order valence-electron chi connectivity index (χ4n) is 1.90. The number of carbonyl (C=O) groups is 1. The highest BCUT2D eigenvalue weighted by atomic mass is 35.5.